The van der Waals surface area contributed by atoms with Crippen molar-refractivity contribution in [2.24, 2.45) is 4.99 Å². The van der Waals surface area contributed by atoms with E-state index in [2.05, 4.69) is 10.1 Å². The molecule has 0 radical (unpaired) electrons. The van der Waals surface area contributed by atoms with Crippen molar-refractivity contribution in [3.05, 3.63) is 82.3 Å². The van der Waals surface area contributed by atoms with Crippen molar-refractivity contribution in [1.29, 1.82) is 0 Å². The average molecular weight is 511 g/mol. The van der Waals surface area contributed by atoms with E-state index >= 15 is 0 Å². The van der Waals surface area contributed by atoms with E-state index in [1.165, 1.54) is 16.4 Å². The second-order valence-electron chi connectivity index (χ2n) is 8.36. The van der Waals surface area contributed by atoms with E-state index in [0.29, 0.717) is 35.1 Å². The zero-order chi connectivity index (χ0) is 24.6. The molecule has 2 aliphatic heterocycles. The maximum absolute atomic E-state index is 12.9. The molecule has 5 rings (SSSR count). The van der Waals surface area contributed by atoms with Gasteiger partial charge in [0.2, 0.25) is 15.9 Å². The summed E-state index contributed by atoms with van der Waals surface area (Å²) in [5.41, 5.74) is 2.58. The lowest BCUT2D eigenvalue weighted by Crippen LogP contribution is -2.35. The molecule has 1 saturated heterocycles. The molecule has 0 amide bonds. The Kier molecular flexibility index (Phi) is 6.31. The summed E-state index contributed by atoms with van der Waals surface area (Å²) >= 11 is 6.56. The molecule has 8 nitrogen and oxygen atoms in total. The molecule has 0 saturated carbocycles. The van der Waals surface area contributed by atoms with Crippen LogP contribution in [0.3, 0.4) is 0 Å². The number of nitrogens with zero attached hydrogens (tertiary/aromatic N) is 4. The standard InChI is InChI=1S/C25H23ClN4O4S/c1-17-21(23(26)30(28-17)19-8-4-2-5-9-19)16-22-25(31)34-24(27-22)18-10-12-20(13-11-18)35(32,33)29-14-6-3-7-15-29/h2,4-5,8-13,16H,3,6-7,14-15H2,1H3/b22-16+. The van der Waals surface area contributed by atoms with Gasteiger partial charge >= 0.3 is 5.97 Å². The number of carbonyl (C=O) groups is 1. The van der Waals surface area contributed by atoms with Gasteiger partial charge in [0.25, 0.3) is 0 Å². The summed E-state index contributed by atoms with van der Waals surface area (Å²) in [6, 6.07) is 15.6. The first-order valence-corrected chi connectivity index (χ1v) is 13.1. The maximum atomic E-state index is 12.9. The molecule has 2 aliphatic rings. The minimum absolute atomic E-state index is 0.0858. The van der Waals surface area contributed by atoms with Crippen molar-refractivity contribution in [1.82, 2.24) is 14.1 Å². The first-order valence-electron chi connectivity index (χ1n) is 11.3. The van der Waals surface area contributed by atoms with Crippen LogP contribution in [0, 0.1) is 6.92 Å². The van der Waals surface area contributed by atoms with Crippen LogP contribution in [0.15, 0.2) is 70.2 Å². The van der Waals surface area contributed by atoms with Crippen molar-refractivity contribution < 1.29 is 17.9 Å². The molecule has 0 unspecified atom stereocenters. The molecule has 1 fully saturated rings. The number of carbonyl (C=O) groups excluding carboxylic acids is 1. The third kappa shape index (κ3) is 4.54. The Hall–Kier alpha value is -3.27. The van der Waals surface area contributed by atoms with Crippen LogP contribution in [-0.4, -0.2) is 47.5 Å². The lowest BCUT2D eigenvalue weighted by atomic mass is 10.2. The molecule has 0 spiro atoms. The largest absolute Gasteiger partial charge is 0.402 e. The maximum Gasteiger partial charge on any atom is 0.363 e. The van der Waals surface area contributed by atoms with Crippen LogP contribution in [0.25, 0.3) is 11.8 Å². The minimum Gasteiger partial charge on any atom is -0.402 e. The van der Waals surface area contributed by atoms with Crippen molar-refractivity contribution in [2.75, 3.05) is 13.1 Å². The van der Waals surface area contributed by atoms with Gasteiger partial charge in [-0.05, 0) is 62.2 Å². The molecule has 10 heteroatoms. The minimum atomic E-state index is -3.54. The van der Waals surface area contributed by atoms with E-state index < -0.39 is 16.0 Å². The highest BCUT2D eigenvalue weighted by Crippen LogP contribution is 2.28. The third-order valence-electron chi connectivity index (χ3n) is 6.00. The second-order valence-corrected chi connectivity index (χ2v) is 10.7. The average Bonchev–Trinajstić information content (AvgIpc) is 3.39. The van der Waals surface area contributed by atoms with E-state index in [4.69, 9.17) is 16.3 Å². The van der Waals surface area contributed by atoms with Gasteiger partial charge in [-0.15, -0.1) is 0 Å². The fourth-order valence-corrected chi connectivity index (χ4v) is 5.95. The molecular weight excluding hydrogens is 488 g/mol. The van der Waals surface area contributed by atoms with Gasteiger partial charge in [-0.25, -0.2) is 22.9 Å². The van der Waals surface area contributed by atoms with E-state index in [1.807, 2.05) is 30.3 Å². The molecule has 0 bridgehead atoms. The number of benzene rings is 2. The van der Waals surface area contributed by atoms with Gasteiger partial charge in [0.15, 0.2) is 5.70 Å². The molecule has 0 N–H and O–H groups in total. The van der Waals surface area contributed by atoms with Gasteiger partial charge in [-0.3, -0.25) is 0 Å². The Morgan fingerprint density at radius 2 is 1.69 bits per heavy atom. The highest BCUT2D eigenvalue weighted by atomic mass is 35.5. The smallest absolute Gasteiger partial charge is 0.363 e. The molecular formula is C25H23ClN4O4S. The fraction of sp³-hybridized carbons (Fsp3) is 0.240. The number of hydrogen-bond acceptors (Lipinski definition) is 6. The Balaban J connectivity index is 1.41. The third-order valence-corrected chi connectivity index (χ3v) is 8.28. The summed E-state index contributed by atoms with van der Waals surface area (Å²) in [4.78, 5) is 17.1. The number of rotatable bonds is 5. The number of ether oxygens (including phenoxy) is 1. The Bertz CT molecular complexity index is 1440. The lowest BCUT2D eigenvalue weighted by Gasteiger charge is -2.25. The number of aliphatic imine (C=N–C) groups is 1. The van der Waals surface area contributed by atoms with Gasteiger partial charge in [0.1, 0.15) is 5.15 Å². The van der Waals surface area contributed by atoms with Crippen molar-refractivity contribution >= 4 is 39.6 Å². The SMILES string of the molecule is Cc1nn(-c2ccccc2)c(Cl)c1/C=C1/N=C(c2ccc(S(=O)(=O)N3CCCCC3)cc2)OC1=O. The highest BCUT2D eigenvalue weighted by molar-refractivity contribution is 7.89. The summed E-state index contributed by atoms with van der Waals surface area (Å²) < 4.78 is 34.2. The quantitative estimate of drug-likeness (QED) is 0.375. The zero-order valence-corrected chi connectivity index (χ0v) is 20.6. The molecule has 180 valence electrons. The molecule has 0 aliphatic carbocycles. The predicted octanol–water partition coefficient (Wildman–Crippen LogP) is 4.35. The number of piperidine rings is 1. The van der Waals surface area contributed by atoms with E-state index in [1.54, 1.807) is 29.8 Å². The molecule has 0 atom stereocenters. The number of sulfonamides is 1. The topological polar surface area (TPSA) is 93.9 Å². The van der Waals surface area contributed by atoms with E-state index in [0.717, 1.165) is 24.9 Å². The first-order chi connectivity index (χ1) is 16.8. The monoisotopic (exact) mass is 510 g/mol. The molecule has 35 heavy (non-hydrogen) atoms. The summed E-state index contributed by atoms with van der Waals surface area (Å²) in [5, 5.41) is 4.83. The van der Waals surface area contributed by atoms with Crippen molar-refractivity contribution in [2.45, 2.75) is 31.1 Å². The van der Waals surface area contributed by atoms with Crippen LogP contribution < -0.4 is 0 Å². The van der Waals surface area contributed by atoms with Gasteiger partial charge < -0.3 is 4.74 Å². The van der Waals surface area contributed by atoms with Gasteiger partial charge in [0, 0.05) is 24.2 Å². The summed E-state index contributed by atoms with van der Waals surface area (Å²) in [5.74, 6) is -0.514. The van der Waals surface area contributed by atoms with Gasteiger partial charge in [0.05, 0.1) is 16.3 Å². The summed E-state index contributed by atoms with van der Waals surface area (Å²) in [7, 11) is -3.54. The molecule has 2 aromatic carbocycles. The number of aromatic nitrogens is 2. The number of cyclic esters (lactones) is 1. The Morgan fingerprint density at radius 1 is 1.00 bits per heavy atom. The van der Waals surface area contributed by atoms with Crippen molar-refractivity contribution in [3.8, 4) is 5.69 Å². The number of para-hydroxylation sites is 1. The lowest BCUT2D eigenvalue weighted by molar-refractivity contribution is -0.129. The summed E-state index contributed by atoms with van der Waals surface area (Å²) in [6.45, 7) is 2.86. The Morgan fingerprint density at radius 3 is 2.37 bits per heavy atom. The fourth-order valence-electron chi connectivity index (χ4n) is 4.11. The number of halogens is 1. The Labute approximate surface area is 208 Å². The molecule has 3 heterocycles. The van der Waals surface area contributed by atoms with Crippen LogP contribution >= 0.6 is 11.6 Å². The molecule has 1 aromatic heterocycles. The van der Waals surface area contributed by atoms with Crippen molar-refractivity contribution in [3.63, 3.8) is 0 Å². The normalized spacial score (nSPS) is 18.1. The second kappa shape index (κ2) is 9.41. The zero-order valence-electron chi connectivity index (χ0n) is 19.0. The number of aryl methyl sites for hydroxylation is 1. The van der Waals surface area contributed by atoms with E-state index in [-0.39, 0.29) is 16.5 Å². The van der Waals surface area contributed by atoms with Gasteiger partial charge in [-0.1, -0.05) is 36.2 Å². The van der Waals surface area contributed by atoms with Crippen LogP contribution in [0.2, 0.25) is 5.15 Å². The van der Waals surface area contributed by atoms with Crippen LogP contribution in [0.5, 0.6) is 0 Å². The van der Waals surface area contributed by atoms with Crippen LogP contribution in [-0.2, 0) is 19.6 Å². The summed E-state index contributed by atoms with van der Waals surface area (Å²) in [6.07, 6.45) is 4.33. The van der Waals surface area contributed by atoms with Crippen LogP contribution in [0.4, 0.5) is 0 Å². The number of hydrogen-bond donors (Lipinski definition) is 0. The van der Waals surface area contributed by atoms with E-state index in [9.17, 15) is 13.2 Å². The van der Waals surface area contributed by atoms with Crippen LogP contribution in [0.1, 0.15) is 36.1 Å². The molecule has 3 aromatic rings. The van der Waals surface area contributed by atoms with Gasteiger partial charge in [-0.2, -0.15) is 9.40 Å². The first kappa shape index (κ1) is 23.5. The predicted molar refractivity (Wildman–Crippen MR) is 133 cm³/mol. The highest BCUT2D eigenvalue weighted by Gasteiger charge is 2.28. The number of esters is 1.